The minimum Gasteiger partial charge on any atom is -0.382 e. The summed E-state index contributed by atoms with van der Waals surface area (Å²) in [5.41, 5.74) is 5.83. The van der Waals surface area contributed by atoms with Gasteiger partial charge in [-0.25, -0.2) is 4.98 Å². The molecule has 0 aromatic carbocycles. The molecule has 0 spiro atoms. The molecule has 0 aliphatic heterocycles. The predicted octanol–water partition coefficient (Wildman–Crippen LogP) is 0.944. The van der Waals surface area contributed by atoms with Gasteiger partial charge in [-0.1, -0.05) is 0 Å². The van der Waals surface area contributed by atoms with Crippen molar-refractivity contribution in [2.24, 2.45) is 7.05 Å². The molecule has 0 saturated heterocycles. The van der Waals surface area contributed by atoms with Crippen LogP contribution in [0.1, 0.15) is 11.3 Å². The summed E-state index contributed by atoms with van der Waals surface area (Å²) >= 11 is 0. The highest BCUT2D eigenvalue weighted by Crippen LogP contribution is 2.16. The number of ether oxygens (including phenoxy) is 1. The van der Waals surface area contributed by atoms with Crippen LogP contribution in [0.5, 0.6) is 0 Å². The van der Waals surface area contributed by atoms with Crippen LogP contribution in [0.15, 0.2) is 12.3 Å². The van der Waals surface area contributed by atoms with Crippen molar-refractivity contribution in [1.29, 1.82) is 0 Å². The quantitative estimate of drug-likeness (QED) is 0.611. The van der Waals surface area contributed by atoms with Crippen molar-refractivity contribution < 1.29 is 9.57 Å². The van der Waals surface area contributed by atoms with Gasteiger partial charge in [0.05, 0.1) is 18.9 Å². The van der Waals surface area contributed by atoms with E-state index in [4.69, 9.17) is 9.57 Å². The van der Waals surface area contributed by atoms with Crippen LogP contribution in [0.4, 0.5) is 0 Å². The van der Waals surface area contributed by atoms with Gasteiger partial charge in [0.15, 0.2) is 5.65 Å². The number of rotatable bonds is 6. The van der Waals surface area contributed by atoms with Crippen molar-refractivity contribution in [2.45, 2.75) is 13.5 Å². The van der Waals surface area contributed by atoms with Crippen LogP contribution in [0, 0.1) is 6.92 Å². The highest BCUT2D eigenvalue weighted by molar-refractivity contribution is 5.78. The Morgan fingerprint density at radius 1 is 1.39 bits per heavy atom. The molecule has 0 aliphatic rings. The Morgan fingerprint density at radius 2 is 2.22 bits per heavy atom. The second kappa shape index (κ2) is 5.90. The lowest BCUT2D eigenvalue weighted by molar-refractivity contribution is 0.00344. The van der Waals surface area contributed by atoms with E-state index in [2.05, 4.69) is 21.6 Å². The zero-order valence-corrected chi connectivity index (χ0v) is 10.9. The van der Waals surface area contributed by atoms with Gasteiger partial charge in [0.25, 0.3) is 0 Å². The summed E-state index contributed by atoms with van der Waals surface area (Å²) in [5.74, 6) is 0. The van der Waals surface area contributed by atoms with Gasteiger partial charge in [-0.2, -0.15) is 10.6 Å². The Labute approximate surface area is 106 Å². The van der Waals surface area contributed by atoms with Crippen molar-refractivity contribution in [2.75, 3.05) is 20.3 Å². The molecule has 2 aromatic rings. The molecule has 0 saturated carbocycles. The molecule has 0 bridgehead atoms. The van der Waals surface area contributed by atoms with Gasteiger partial charge in [-0.05, 0) is 18.6 Å². The van der Waals surface area contributed by atoms with Gasteiger partial charge in [-0.15, -0.1) is 0 Å². The molecule has 0 aliphatic carbocycles. The van der Waals surface area contributed by atoms with Gasteiger partial charge in [0, 0.05) is 32.3 Å². The summed E-state index contributed by atoms with van der Waals surface area (Å²) in [7, 11) is 3.54. The molecule has 6 heteroatoms. The van der Waals surface area contributed by atoms with Gasteiger partial charge in [-0.3, -0.25) is 9.52 Å². The second-order valence-corrected chi connectivity index (χ2v) is 4.09. The standard InChI is InChI=1S/C12H18N4O2/c1-9-11-6-10(8-14-18-5-4-17-3)7-13-12(11)16(2)15-9/h6-7,14H,4-5,8H2,1-3H3. The first-order valence-electron chi connectivity index (χ1n) is 5.84. The van der Waals surface area contributed by atoms with Gasteiger partial charge >= 0.3 is 0 Å². The fourth-order valence-corrected chi connectivity index (χ4v) is 1.78. The van der Waals surface area contributed by atoms with E-state index in [1.54, 1.807) is 11.8 Å². The largest absolute Gasteiger partial charge is 0.382 e. The maximum Gasteiger partial charge on any atom is 0.157 e. The number of hydrogen-bond donors (Lipinski definition) is 1. The highest BCUT2D eigenvalue weighted by atomic mass is 16.7. The SMILES string of the molecule is COCCONCc1cnc2c(c1)c(C)nn2C. The minimum atomic E-state index is 0.526. The second-order valence-electron chi connectivity index (χ2n) is 4.09. The molecule has 0 amide bonds. The summed E-state index contributed by atoms with van der Waals surface area (Å²) in [6.07, 6.45) is 1.83. The Morgan fingerprint density at radius 3 is 3.00 bits per heavy atom. The Hall–Kier alpha value is -1.50. The van der Waals surface area contributed by atoms with Crippen LogP contribution < -0.4 is 5.48 Å². The summed E-state index contributed by atoms with van der Waals surface area (Å²) in [4.78, 5) is 9.60. The van der Waals surface area contributed by atoms with Crippen molar-refractivity contribution >= 4 is 11.0 Å². The summed E-state index contributed by atoms with van der Waals surface area (Å²) < 4.78 is 6.67. The van der Waals surface area contributed by atoms with Crippen LogP contribution in [0.3, 0.4) is 0 Å². The third kappa shape index (κ3) is 2.84. The van der Waals surface area contributed by atoms with E-state index in [0.717, 1.165) is 22.3 Å². The van der Waals surface area contributed by atoms with Gasteiger partial charge < -0.3 is 4.74 Å². The molecule has 2 rings (SSSR count). The molecule has 1 N–H and O–H groups in total. The number of pyridine rings is 1. The number of aryl methyl sites for hydroxylation is 2. The van der Waals surface area contributed by atoms with Crippen molar-refractivity contribution in [3.05, 3.63) is 23.5 Å². The molecule has 0 unspecified atom stereocenters. The van der Waals surface area contributed by atoms with E-state index in [1.165, 1.54) is 0 Å². The topological polar surface area (TPSA) is 61.2 Å². The van der Waals surface area contributed by atoms with E-state index in [1.807, 2.05) is 20.2 Å². The first-order valence-corrected chi connectivity index (χ1v) is 5.84. The zero-order chi connectivity index (χ0) is 13.0. The third-order valence-electron chi connectivity index (χ3n) is 2.69. The fourth-order valence-electron chi connectivity index (χ4n) is 1.78. The molecule has 6 nitrogen and oxygen atoms in total. The van der Waals surface area contributed by atoms with Crippen molar-refractivity contribution in [3.8, 4) is 0 Å². The monoisotopic (exact) mass is 250 g/mol. The molecule has 98 valence electrons. The van der Waals surface area contributed by atoms with E-state index >= 15 is 0 Å². The van der Waals surface area contributed by atoms with Crippen LogP contribution in [-0.2, 0) is 23.2 Å². The maximum absolute atomic E-state index is 5.20. The summed E-state index contributed by atoms with van der Waals surface area (Å²) in [6, 6.07) is 2.08. The Kier molecular flexibility index (Phi) is 4.24. The first-order chi connectivity index (χ1) is 8.72. The molecule has 0 fully saturated rings. The number of methoxy groups -OCH3 is 1. The lowest BCUT2D eigenvalue weighted by atomic mass is 10.2. The molecular weight excluding hydrogens is 232 g/mol. The summed E-state index contributed by atoms with van der Waals surface area (Å²) in [5, 5.41) is 5.42. The van der Waals surface area contributed by atoms with Crippen LogP contribution in [-0.4, -0.2) is 35.1 Å². The van der Waals surface area contributed by atoms with Crippen LogP contribution >= 0.6 is 0 Å². The summed E-state index contributed by atoms with van der Waals surface area (Å²) in [6.45, 7) is 3.70. The smallest absolute Gasteiger partial charge is 0.157 e. The highest BCUT2D eigenvalue weighted by Gasteiger charge is 2.06. The molecule has 0 atom stereocenters. The van der Waals surface area contributed by atoms with E-state index in [0.29, 0.717) is 19.8 Å². The maximum atomic E-state index is 5.20. The molecule has 18 heavy (non-hydrogen) atoms. The van der Waals surface area contributed by atoms with Gasteiger partial charge in [0.2, 0.25) is 0 Å². The molecule has 0 radical (unpaired) electrons. The predicted molar refractivity (Wildman–Crippen MR) is 67.9 cm³/mol. The van der Waals surface area contributed by atoms with Crippen molar-refractivity contribution in [3.63, 3.8) is 0 Å². The van der Waals surface area contributed by atoms with Crippen molar-refractivity contribution in [1.82, 2.24) is 20.2 Å². The van der Waals surface area contributed by atoms with Crippen LogP contribution in [0.2, 0.25) is 0 Å². The average molecular weight is 250 g/mol. The van der Waals surface area contributed by atoms with E-state index in [9.17, 15) is 0 Å². The van der Waals surface area contributed by atoms with E-state index < -0.39 is 0 Å². The number of nitrogens with zero attached hydrogens (tertiary/aromatic N) is 3. The zero-order valence-electron chi connectivity index (χ0n) is 10.9. The molecule has 2 aromatic heterocycles. The fraction of sp³-hybridized carbons (Fsp3) is 0.500. The Balaban J connectivity index is 1.99. The minimum absolute atomic E-state index is 0.526. The molecule has 2 heterocycles. The lowest BCUT2D eigenvalue weighted by Crippen LogP contribution is -2.17. The number of hydroxylamine groups is 1. The Bertz CT molecular complexity index is 524. The first kappa shape index (κ1) is 12.9. The molecular formula is C12H18N4O2. The lowest BCUT2D eigenvalue weighted by Gasteiger charge is -2.05. The number of aromatic nitrogens is 3. The van der Waals surface area contributed by atoms with Crippen LogP contribution in [0.25, 0.3) is 11.0 Å². The number of fused-ring (bicyclic) bond motifs is 1. The van der Waals surface area contributed by atoms with Gasteiger partial charge in [0.1, 0.15) is 0 Å². The average Bonchev–Trinajstić information content (AvgIpc) is 2.65. The number of hydrogen-bond acceptors (Lipinski definition) is 5. The van der Waals surface area contributed by atoms with E-state index in [-0.39, 0.29) is 0 Å². The normalized spacial score (nSPS) is 11.3. The number of nitrogens with one attached hydrogen (secondary N) is 1. The third-order valence-corrected chi connectivity index (χ3v) is 2.69.